The SMILES string of the molecule is COc1ccc(OC(=O)c2cnn(-c3ccccc3)n2)cc1. The van der Waals surface area contributed by atoms with Gasteiger partial charge in [0.2, 0.25) is 0 Å². The van der Waals surface area contributed by atoms with Crippen molar-refractivity contribution in [1.29, 1.82) is 0 Å². The molecule has 0 amide bonds. The topological polar surface area (TPSA) is 66.2 Å². The number of benzene rings is 2. The third kappa shape index (κ3) is 2.95. The van der Waals surface area contributed by atoms with Crippen molar-refractivity contribution in [2.45, 2.75) is 0 Å². The van der Waals surface area contributed by atoms with Gasteiger partial charge >= 0.3 is 5.97 Å². The first-order chi connectivity index (χ1) is 10.8. The fraction of sp³-hybridized carbons (Fsp3) is 0.0625. The third-order valence-electron chi connectivity index (χ3n) is 2.96. The number of para-hydroxylation sites is 1. The van der Waals surface area contributed by atoms with Crippen LogP contribution in [0.25, 0.3) is 5.69 Å². The molecule has 110 valence electrons. The normalized spacial score (nSPS) is 10.2. The molecule has 6 nitrogen and oxygen atoms in total. The molecule has 22 heavy (non-hydrogen) atoms. The maximum atomic E-state index is 12.0. The Labute approximate surface area is 126 Å². The Bertz CT molecular complexity index is 767. The molecule has 0 saturated carbocycles. The monoisotopic (exact) mass is 295 g/mol. The summed E-state index contributed by atoms with van der Waals surface area (Å²) in [5, 5.41) is 8.18. The maximum Gasteiger partial charge on any atom is 0.365 e. The number of rotatable bonds is 4. The molecule has 1 aromatic heterocycles. The van der Waals surface area contributed by atoms with Crippen molar-refractivity contribution in [3.63, 3.8) is 0 Å². The van der Waals surface area contributed by atoms with Crippen LogP contribution in [0.3, 0.4) is 0 Å². The lowest BCUT2D eigenvalue weighted by molar-refractivity contribution is 0.0728. The van der Waals surface area contributed by atoms with E-state index in [-0.39, 0.29) is 5.69 Å². The third-order valence-corrected chi connectivity index (χ3v) is 2.96. The zero-order valence-corrected chi connectivity index (χ0v) is 11.8. The summed E-state index contributed by atoms with van der Waals surface area (Å²) in [5.41, 5.74) is 0.908. The second-order valence-corrected chi connectivity index (χ2v) is 4.42. The summed E-state index contributed by atoms with van der Waals surface area (Å²) in [6.45, 7) is 0. The lowest BCUT2D eigenvalue weighted by Gasteiger charge is -2.03. The molecule has 1 heterocycles. The molecule has 0 atom stereocenters. The van der Waals surface area contributed by atoms with Gasteiger partial charge in [0.25, 0.3) is 0 Å². The highest BCUT2D eigenvalue weighted by molar-refractivity contribution is 5.88. The Kier molecular flexibility index (Phi) is 3.82. The first kappa shape index (κ1) is 13.8. The summed E-state index contributed by atoms with van der Waals surface area (Å²) in [5.74, 6) is 0.544. The Balaban J connectivity index is 1.74. The van der Waals surface area contributed by atoms with Gasteiger partial charge in [-0.2, -0.15) is 9.90 Å². The summed E-state index contributed by atoms with van der Waals surface area (Å²) in [7, 11) is 1.57. The van der Waals surface area contributed by atoms with Crippen LogP contribution in [0, 0.1) is 0 Å². The molecule has 0 aliphatic heterocycles. The minimum absolute atomic E-state index is 0.139. The molecular formula is C16H13N3O3. The smallest absolute Gasteiger partial charge is 0.365 e. The van der Waals surface area contributed by atoms with Crippen LogP contribution in [0.15, 0.2) is 60.8 Å². The van der Waals surface area contributed by atoms with Crippen LogP contribution in [0.4, 0.5) is 0 Å². The second-order valence-electron chi connectivity index (χ2n) is 4.42. The van der Waals surface area contributed by atoms with Crippen molar-refractivity contribution < 1.29 is 14.3 Å². The van der Waals surface area contributed by atoms with Crippen LogP contribution in [-0.2, 0) is 0 Å². The molecule has 0 bridgehead atoms. The number of hydrogen-bond acceptors (Lipinski definition) is 5. The second kappa shape index (κ2) is 6.09. The zero-order valence-electron chi connectivity index (χ0n) is 11.8. The van der Waals surface area contributed by atoms with E-state index in [1.807, 2.05) is 30.3 Å². The highest BCUT2D eigenvalue weighted by Crippen LogP contribution is 2.18. The van der Waals surface area contributed by atoms with Gasteiger partial charge in [0.15, 0.2) is 5.69 Å². The van der Waals surface area contributed by atoms with Crippen LogP contribution in [0.5, 0.6) is 11.5 Å². The average molecular weight is 295 g/mol. The van der Waals surface area contributed by atoms with E-state index in [9.17, 15) is 4.79 Å². The van der Waals surface area contributed by atoms with E-state index in [0.29, 0.717) is 11.5 Å². The highest BCUT2D eigenvalue weighted by Gasteiger charge is 2.14. The van der Waals surface area contributed by atoms with E-state index in [1.165, 1.54) is 11.0 Å². The number of hydrogen-bond donors (Lipinski definition) is 0. The molecule has 0 aliphatic rings. The van der Waals surface area contributed by atoms with Gasteiger partial charge in [-0.1, -0.05) is 18.2 Å². The largest absolute Gasteiger partial charge is 0.497 e. The Hall–Kier alpha value is -3.15. The standard InChI is InChI=1S/C16H13N3O3/c1-21-13-7-9-14(10-8-13)22-16(20)15-11-17-19(18-15)12-5-3-2-4-6-12/h2-11H,1H3. The number of nitrogens with zero attached hydrogens (tertiary/aromatic N) is 3. The minimum atomic E-state index is -0.563. The molecule has 0 N–H and O–H groups in total. The molecule has 0 unspecified atom stereocenters. The van der Waals surface area contributed by atoms with E-state index >= 15 is 0 Å². The number of carbonyl (C=O) groups is 1. The Morgan fingerprint density at radius 2 is 1.68 bits per heavy atom. The number of ether oxygens (including phenoxy) is 2. The first-order valence-corrected chi connectivity index (χ1v) is 6.60. The fourth-order valence-electron chi connectivity index (χ4n) is 1.85. The molecule has 0 aliphatic carbocycles. The highest BCUT2D eigenvalue weighted by atomic mass is 16.5. The quantitative estimate of drug-likeness (QED) is 0.546. The lowest BCUT2D eigenvalue weighted by atomic mass is 10.3. The average Bonchev–Trinajstić information content (AvgIpc) is 3.06. The van der Waals surface area contributed by atoms with Crippen LogP contribution in [0.1, 0.15) is 10.5 Å². The number of methoxy groups -OCH3 is 1. The lowest BCUT2D eigenvalue weighted by Crippen LogP contribution is -2.10. The predicted molar refractivity (Wildman–Crippen MR) is 79.3 cm³/mol. The van der Waals surface area contributed by atoms with Gasteiger partial charge in [-0.3, -0.25) is 0 Å². The van der Waals surface area contributed by atoms with E-state index < -0.39 is 5.97 Å². The Morgan fingerprint density at radius 1 is 1.00 bits per heavy atom. The van der Waals surface area contributed by atoms with Crippen molar-refractivity contribution in [2.75, 3.05) is 7.11 Å². The Morgan fingerprint density at radius 3 is 2.36 bits per heavy atom. The van der Waals surface area contributed by atoms with E-state index in [0.717, 1.165) is 5.69 Å². The molecule has 0 saturated heterocycles. The molecule has 0 radical (unpaired) electrons. The number of esters is 1. The summed E-state index contributed by atoms with van der Waals surface area (Å²) in [6.07, 6.45) is 1.37. The van der Waals surface area contributed by atoms with Gasteiger partial charge in [-0.15, -0.1) is 5.10 Å². The summed E-state index contributed by atoms with van der Waals surface area (Å²) < 4.78 is 10.3. The van der Waals surface area contributed by atoms with Gasteiger partial charge in [0.1, 0.15) is 11.5 Å². The summed E-state index contributed by atoms with van der Waals surface area (Å²) in [4.78, 5) is 13.4. The van der Waals surface area contributed by atoms with Crippen LogP contribution in [-0.4, -0.2) is 28.1 Å². The van der Waals surface area contributed by atoms with Crippen LogP contribution < -0.4 is 9.47 Å². The van der Waals surface area contributed by atoms with Crippen molar-refractivity contribution in [1.82, 2.24) is 15.0 Å². The van der Waals surface area contributed by atoms with Gasteiger partial charge < -0.3 is 9.47 Å². The maximum absolute atomic E-state index is 12.0. The molecular weight excluding hydrogens is 282 g/mol. The van der Waals surface area contributed by atoms with Crippen molar-refractivity contribution in [2.24, 2.45) is 0 Å². The summed E-state index contributed by atoms with van der Waals surface area (Å²) in [6, 6.07) is 16.1. The fourth-order valence-corrected chi connectivity index (χ4v) is 1.85. The minimum Gasteiger partial charge on any atom is -0.497 e. The van der Waals surface area contributed by atoms with Crippen molar-refractivity contribution in [3.8, 4) is 17.2 Å². The molecule has 0 spiro atoms. The molecule has 3 aromatic rings. The van der Waals surface area contributed by atoms with Crippen LogP contribution in [0.2, 0.25) is 0 Å². The van der Waals surface area contributed by atoms with Gasteiger partial charge in [-0.05, 0) is 36.4 Å². The number of carbonyl (C=O) groups excluding carboxylic acids is 1. The van der Waals surface area contributed by atoms with Crippen LogP contribution >= 0.6 is 0 Å². The van der Waals surface area contributed by atoms with Gasteiger partial charge in [0.05, 0.1) is 19.0 Å². The molecule has 2 aromatic carbocycles. The van der Waals surface area contributed by atoms with Crippen molar-refractivity contribution in [3.05, 3.63) is 66.5 Å². The molecule has 0 fully saturated rings. The molecule has 6 heteroatoms. The van der Waals surface area contributed by atoms with E-state index in [1.54, 1.807) is 31.4 Å². The first-order valence-electron chi connectivity index (χ1n) is 6.60. The van der Waals surface area contributed by atoms with E-state index in [4.69, 9.17) is 9.47 Å². The van der Waals surface area contributed by atoms with Gasteiger partial charge in [0, 0.05) is 0 Å². The predicted octanol–water partition coefficient (Wildman–Crippen LogP) is 2.50. The van der Waals surface area contributed by atoms with Gasteiger partial charge in [-0.25, -0.2) is 4.79 Å². The zero-order chi connectivity index (χ0) is 15.4. The van der Waals surface area contributed by atoms with Crippen molar-refractivity contribution >= 4 is 5.97 Å². The summed E-state index contributed by atoms with van der Waals surface area (Å²) >= 11 is 0. The number of aromatic nitrogens is 3. The van der Waals surface area contributed by atoms with E-state index in [2.05, 4.69) is 10.2 Å². The molecule has 3 rings (SSSR count).